The summed E-state index contributed by atoms with van der Waals surface area (Å²) in [6, 6.07) is 1.83. The van der Waals surface area contributed by atoms with Gasteiger partial charge in [0.25, 0.3) is 0 Å². The van der Waals surface area contributed by atoms with Gasteiger partial charge in [-0.05, 0) is 107 Å². The molecule has 2 spiro atoms. The Kier molecular flexibility index (Phi) is 5.33. The topological polar surface area (TPSA) is 9.72 Å². The molecular formula is C25H45N3. The van der Waals surface area contributed by atoms with Crippen LogP contribution in [0.4, 0.5) is 0 Å². The maximum absolute atomic E-state index is 2.90. The summed E-state index contributed by atoms with van der Waals surface area (Å²) in [5, 5.41) is 0. The quantitative estimate of drug-likeness (QED) is 0.707. The van der Waals surface area contributed by atoms with Crippen LogP contribution in [-0.2, 0) is 0 Å². The van der Waals surface area contributed by atoms with E-state index in [1.165, 1.54) is 103 Å². The van der Waals surface area contributed by atoms with Gasteiger partial charge < -0.3 is 4.90 Å². The zero-order chi connectivity index (χ0) is 19.4. The molecule has 0 bridgehead atoms. The Morgan fingerprint density at radius 3 is 1.54 bits per heavy atom. The summed E-state index contributed by atoms with van der Waals surface area (Å²) in [6.45, 7) is 13.2. The highest BCUT2D eigenvalue weighted by Gasteiger charge is 2.51. The predicted molar refractivity (Wildman–Crippen MR) is 118 cm³/mol. The second-order valence-electron chi connectivity index (χ2n) is 12.2. The van der Waals surface area contributed by atoms with E-state index in [-0.39, 0.29) is 0 Å². The molecule has 28 heavy (non-hydrogen) atoms. The summed E-state index contributed by atoms with van der Waals surface area (Å²) in [5.41, 5.74) is 1.46. The van der Waals surface area contributed by atoms with E-state index in [1.807, 2.05) is 0 Å². The standard InChI is InChI=1S/C25H45N3/c1-20(2)21-4-10-24(11-5-21)16-27(17-24)22-6-12-25(13-7-22)18-28(19-25)23-8-14-26(3)15-9-23/h20-23H,4-19H2,1-3H3. The molecule has 3 heteroatoms. The van der Waals surface area contributed by atoms with Crippen LogP contribution in [0.25, 0.3) is 0 Å². The normalized spacial score (nSPS) is 35.4. The Labute approximate surface area is 174 Å². The summed E-state index contributed by atoms with van der Waals surface area (Å²) < 4.78 is 0. The van der Waals surface area contributed by atoms with E-state index >= 15 is 0 Å². The molecule has 0 unspecified atom stereocenters. The minimum Gasteiger partial charge on any atom is -0.306 e. The lowest BCUT2D eigenvalue weighted by Gasteiger charge is -2.61. The van der Waals surface area contributed by atoms with Gasteiger partial charge in [-0.2, -0.15) is 0 Å². The lowest BCUT2D eigenvalue weighted by Crippen LogP contribution is -2.65. The second-order valence-corrected chi connectivity index (χ2v) is 12.2. The molecule has 0 amide bonds. The van der Waals surface area contributed by atoms with Gasteiger partial charge in [-0.3, -0.25) is 9.80 Å². The molecule has 5 fully saturated rings. The lowest BCUT2D eigenvalue weighted by molar-refractivity contribution is -0.109. The van der Waals surface area contributed by atoms with Crippen LogP contribution < -0.4 is 0 Å². The zero-order valence-electron chi connectivity index (χ0n) is 19.0. The first kappa shape index (κ1) is 19.8. The second kappa shape index (κ2) is 7.54. The molecule has 3 nitrogen and oxygen atoms in total. The molecule has 3 aliphatic heterocycles. The number of likely N-dealkylation sites (tertiary alicyclic amines) is 3. The van der Waals surface area contributed by atoms with Gasteiger partial charge in [0.15, 0.2) is 0 Å². The smallest absolute Gasteiger partial charge is 0.0120 e. The molecule has 0 aromatic rings. The molecule has 3 heterocycles. The molecule has 0 aromatic heterocycles. The van der Waals surface area contributed by atoms with Gasteiger partial charge in [0, 0.05) is 38.3 Å². The third kappa shape index (κ3) is 3.69. The number of hydrogen-bond acceptors (Lipinski definition) is 3. The zero-order valence-corrected chi connectivity index (χ0v) is 19.0. The Balaban J connectivity index is 1.04. The van der Waals surface area contributed by atoms with E-state index in [1.54, 1.807) is 0 Å². The molecule has 2 saturated carbocycles. The molecule has 160 valence electrons. The van der Waals surface area contributed by atoms with Crippen LogP contribution in [0, 0.1) is 22.7 Å². The summed E-state index contributed by atoms with van der Waals surface area (Å²) in [7, 11) is 2.28. The van der Waals surface area contributed by atoms with E-state index in [2.05, 4.69) is 35.6 Å². The molecule has 5 rings (SSSR count). The Morgan fingerprint density at radius 2 is 1.07 bits per heavy atom. The highest BCUT2D eigenvalue weighted by molar-refractivity contribution is 5.05. The Hall–Kier alpha value is -0.120. The summed E-state index contributed by atoms with van der Waals surface area (Å²) in [6.07, 6.45) is 14.9. The van der Waals surface area contributed by atoms with Crippen molar-refractivity contribution < 1.29 is 0 Å². The lowest BCUT2D eigenvalue weighted by atomic mass is 9.62. The van der Waals surface area contributed by atoms with Crippen LogP contribution in [0.3, 0.4) is 0 Å². The van der Waals surface area contributed by atoms with Gasteiger partial charge in [-0.15, -0.1) is 0 Å². The average Bonchev–Trinajstić information content (AvgIpc) is 2.65. The molecule has 0 aromatic carbocycles. The fourth-order valence-corrected chi connectivity index (χ4v) is 7.64. The molecule has 3 saturated heterocycles. The van der Waals surface area contributed by atoms with Crippen molar-refractivity contribution in [2.24, 2.45) is 22.7 Å². The van der Waals surface area contributed by atoms with Gasteiger partial charge in [0.1, 0.15) is 0 Å². The molecule has 2 aliphatic carbocycles. The first-order valence-electron chi connectivity index (χ1n) is 12.6. The van der Waals surface area contributed by atoms with Crippen LogP contribution in [0.2, 0.25) is 0 Å². The predicted octanol–water partition coefficient (Wildman–Crippen LogP) is 4.47. The number of nitrogens with zero attached hydrogens (tertiary/aromatic N) is 3. The summed E-state index contributed by atoms with van der Waals surface area (Å²) >= 11 is 0. The first-order chi connectivity index (χ1) is 13.5. The summed E-state index contributed by atoms with van der Waals surface area (Å²) in [4.78, 5) is 8.25. The van der Waals surface area contributed by atoms with Crippen LogP contribution in [0.1, 0.15) is 78.1 Å². The monoisotopic (exact) mass is 387 g/mol. The van der Waals surface area contributed by atoms with E-state index in [0.717, 1.165) is 34.7 Å². The highest BCUT2D eigenvalue weighted by atomic mass is 15.3. The molecule has 0 radical (unpaired) electrons. The molecule has 0 N–H and O–H groups in total. The van der Waals surface area contributed by atoms with Crippen molar-refractivity contribution in [3.63, 3.8) is 0 Å². The fraction of sp³-hybridized carbons (Fsp3) is 1.00. The highest BCUT2D eigenvalue weighted by Crippen LogP contribution is 2.51. The third-order valence-corrected chi connectivity index (χ3v) is 9.92. The van der Waals surface area contributed by atoms with Gasteiger partial charge >= 0.3 is 0 Å². The largest absolute Gasteiger partial charge is 0.306 e. The van der Waals surface area contributed by atoms with Crippen molar-refractivity contribution in [1.29, 1.82) is 0 Å². The minimum atomic E-state index is 0.720. The van der Waals surface area contributed by atoms with Gasteiger partial charge in [-0.25, -0.2) is 0 Å². The number of hydrogen-bond donors (Lipinski definition) is 0. The van der Waals surface area contributed by atoms with Crippen LogP contribution in [-0.4, -0.2) is 73.1 Å². The maximum Gasteiger partial charge on any atom is 0.0120 e. The van der Waals surface area contributed by atoms with Crippen molar-refractivity contribution in [1.82, 2.24) is 14.7 Å². The molecular weight excluding hydrogens is 342 g/mol. The number of rotatable bonds is 3. The fourth-order valence-electron chi connectivity index (χ4n) is 7.64. The van der Waals surface area contributed by atoms with Crippen molar-refractivity contribution in [2.45, 2.75) is 90.1 Å². The summed E-state index contributed by atoms with van der Waals surface area (Å²) in [5.74, 6) is 1.92. The molecule has 5 aliphatic rings. The van der Waals surface area contributed by atoms with E-state index < -0.39 is 0 Å². The van der Waals surface area contributed by atoms with Crippen LogP contribution in [0.15, 0.2) is 0 Å². The first-order valence-corrected chi connectivity index (χ1v) is 12.6. The van der Waals surface area contributed by atoms with E-state index in [4.69, 9.17) is 0 Å². The van der Waals surface area contributed by atoms with Crippen LogP contribution in [0.5, 0.6) is 0 Å². The maximum atomic E-state index is 2.90. The van der Waals surface area contributed by atoms with Gasteiger partial charge in [-0.1, -0.05) is 13.8 Å². The van der Waals surface area contributed by atoms with Crippen LogP contribution >= 0.6 is 0 Å². The van der Waals surface area contributed by atoms with Gasteiger partial charge in [0.2, 0.25) is 0 Å². The van der Waals surface area contributed by atoms with E-state index in [0.29, 0.717) is 0 Å². The number of piperidine rings is 1. The third-order valence-electron chi connectivity index (χ3n) is 9.92. The van der Waals surface area contributed by atoms with E-state index in [9.17, 15) is 0 Å². The average molecular weight is 388 g/mol. The van der Waals surface area contributed by atoms with Crippen molar-refractivity contribution >= 4 is 0 Å². The molecule has 0 atom stereocenters. The van der Waals surface area contributed by atoms with Crippen molar-refractivity contribution in [3.05, 3.63) is 0 Å². The van der Waals surface area contributed by atoms with Crippen molar-refractivity contribution in [3.8, 4) is 0 Å². The van der Waals surface area contributed by atoms with Crippen molar-refractivity contribution in [2.75, 3.05) is 46.3 Å². The SMILES string of the molecule is CC(C)C1CCC2(CC1)CN(C1CCC3(CC1)CN(C1CCN(C)CC1)C3)C2. The Bertz CT molecular complexity index is 518. The minimum absolute atomic E-state index is 0.720. The van der Waals surface area contributed by atoms with Gasteiger partial charge in [0.05, 0.1) is 0 Å². The Morgan fingerprint density at radius 1 is 0.643 bits per heavy atom.